The van der Waals surface area contributed by atoms with Crippen molar-refractivity contribution in [2.24, 2.45) is 4.40 Å². The predicted molar refractivity (Wildman–Crippen MR) is 97.7 cm³/mol. The van der Waals surface area contributed by atoms with Gasteiger partial charge in [0, 0.05) is 23.8 Å². The van der Waals surface area contributed by atoms with E-state index < -0.39 is 10.0 Å². The van der Waals surface area contributed by atoms with Crippen LogP contribution in [0.2, 0.25) is 0 Å². The molecule has 0 saturated heterocycles. The van der Waals surface area contributed by atoms with Gasteiger partial charge in [0.15, 0.2) is 5.84 Å². The van der Waals surface area contributed by atoms with Crippen LogP contribution in [0.25, 0.3) is 10.8 Å². The number of allylic oxidation sites excluding steroid dienone is 2. The topological polar surface area (TPSA) is 78.8 Å². The first-order valence-electron chi connectivity index (χ1n) is 7.81. The number of rotatable bonds is 2. The molecule has 0 bridgehead atoms. The summed E-state index contributed by atoms with van der Waals surface area (Å²) in [6, 6.07) is 13.4. The van der Waals surface area contributed by atoms with Crippen LogP contribution in [0.3, 0.4) is 0 Å². The Morgan fingerprint density at radius 2 is 1.92 bits per heavy atom. The summed E-state index contributed by atoms with van der Waals surface area (Å²) in [5.74, 6) is -0.271. The molecule has 6 nitrogen and oxygen atoms in total. The monoisotopic (exact) mass is 353 g/mol. The number of sulfonamides is 1. The van der Waals surface area contributed by atoms with Crippen LogP contribution >= 0.6 is 0 Å². The van der Waals surface area contributed by atoms with Gasteiger partial charge in [-0.1, -0.05) is 36.4 Å². The van der Waals surface area contributed by atoms with E-state index in [1.54, 1.807) is 23.3 Å². The number of hydrogen-bond acceptors (Lipinski definition) is 4. The van der Waals surface area contributed by atoms with Gasteiger partial charge in [0.2, 0.25) is 0 Å². The fourth-order valence-electron chi connectivity index (χ4n) is 2.92. The normalized spacial score (nSPS) is 18.3. The van der Waals surface area contributed by atoms with Crippen molar-refractivity contribution in [3.63, 3.8) is 0 Å². The van der Waals surface area contributed by atoms with E-state index in [1.165, 1.54) is 0 Å². The zero-order chi connectivity index (χ0) is 17.4. The van der Waals surface area contributed by atoms with Crippen molar-refractivity contribution in [1.82, 2.24) is 4.90 Å². The van der Waals surface area contributed by atoms with Gasteiger partial charge in [-0.25, -0.2) is 8.42 Å². The van der Waals surface area contributed by atoms with Crippen molar-refractivity contribution in [3.8, 4) is 0 Å². The van der Waals surface area contributed by atoms with Crippen LogP contribution in [0.4, 0.5) is 5.69 Å². The van der Waals surface area contributed by atoms with Gasteiger partial charge < -0.3 is 10.2 Å². The molecule has 0 fully saturated rings. The standard InChI is InChI=1S/C18H15N3O3S/c22-18(19-16-9-3-6-13-5-1-2-7-14(13)16)15-8-4-10-21-11-12-25(23,24)20-17(15)21/h1-10H,11-12H2,(H,19,22). The number of amidine groups is 1. The van der Waals surface area contributed by atoms with Gasteiger partial charge in [-0.05, 0) is 23.6 Å². The Labute approximate surface area is 145 Å². The summed E-state index contributed by atoms with van der Waals surface area (Å²) < 4.78 is 27.4. The second kappa shape index (κ2) is 5.86. The Bertz CT molecular complexity index is 1060. The zero-order valence-corrected chi connectivity index (χ0v) is 14.0. The highest BCUT2D eigenvalue weighted by Gasteiger charge is 2.30. The summed E-state index contributed by atoms with van der Waals surface area (Å²) in [5.41, 5.74) is 0.906. The number of nitrogens with one attached hydrogen (secondary N) is 1. The van der Waals surface area contributed by atoms with E-state index in [0.29, 0.717) is 5.69 Å². The lowest BCUT2D eigenvalue weighted by molar-refractivity contribution is -0.112. The lowest BCUT2D eigenvalue weighted by Gasteiger charge is -2.28. The van der Waals surface area contributed by atoms with Crippen LogP contribution in [-0.4, -0.2) is 37.4 Å². The van der Waals surface area contributed by atoms with Gasteiger partial charge in [-0.15, -0.1) is 4.40 Å². The molecular weight excluding hydrogens is 338 g/mol. The van der Waals surface area contributed by atoms with Crippen molar-refractivity contribution in [1.29, 1.82) is 0 Å². The summed E-state index contributed by atoms with van der Waals surface area (Å²) in [6.45, 7) is 0.288. The molecule has 0 saturated carbocycles. The zero-order valence-electron chi connectivity index (χ0n) is 13.2. The average Bonchev–Trinajstić information content (AvgIpc) is 2.61. The number of carbonyl (C=O) groups is 1. The molecule has 2 aliphatic rings. The highest BCUT2D eigenvalue weighted by atomic mass is 32.2. The van der Waals surface area contributed by atoms with Crippen molar-refractivity contribution in [3.05, 3.63) is 66.4 Å². The van der Waals surface area contributed by atoms with Crippen LogP contribution in [0.1, 0.15) is 0 Å². The fraction of sp³-hybridized carbons (Fsp3) is 0.111. The van der Waals surface area contributed by atoms with Crippen molar-refractivity contribution >= 4 is 38.2 Å². The predicted octanol–water partition coefficient (Wildman–Crippen LogP) is 2.28. The molecule has 2 aromatic carbocycles. The summed E-state index contributed by atoms with van der Waals surface area (Å²) in [5, 5.41) is 4.80. The van der Waals surface area contributed by atoms with Crippen molar-refractivity contribution in [2.45, 2.75) is 0 Å². The van der Waals surface area contributed by atoms with Crippen LogP contribution in [0.5, 0.6) is 0 Å². The van der Waals surface area contributed by atoms with Gasteiger partial charge in [-0.2, -0.15) is 0 Å². The second-order valence-corrected chi connectivity index (χ2v) is 7.55. The molecule has 0 spiro atoms. The third-order valence-corrected chi connectivity index (χ3v) is 5.29. The Morgan fingerprint density at radius 3 is 2.80 bits per heavy atom. The largest absolute Gasteiger partial charge is 0.331 e. The molecule has 0 atom stereocenters. The minimum Gasteiger partial charge on any atom is -0.331 e. The lowest BCUT2D eigenvalue weighted by atomic mass is 10.1. The van der Waals surface area contributed by atoms with E-state index in [9.17, 15) is 13.2 Å². The molecule has 25 heavy (non-hydrogen) atoms. The molecule has 0 aromatic heterocycles. The van der Waals surface area contributed by atoms with E-state index >= 15 is 0 Å². The van der Waals surface area contributed by atoms with Gasteiger partial charge >= 0.3 is 0 Å². The molecule has 2 aliphatic heterocycles. The molecule has 0 aliphatic carbocycles. The van der Waals surface area contributed by atoms with Gasteiger partial charge in [0.05, 0.1) is 11.3 Å². The molecule has 2 heterocycles. The highest BCUT2D eigenvalue weighted by Crippen LogP contribution is 2.25. The van der Waals surface area contributed by atoms with Gasteiger partial charge in [0.25, 0.3) is 15.9 Å². The Hall–Kier alpha value is -2.93. The molecule has 7 heteroatoms. The molecule has 1 amide bonds. The van der Waals surface area contributed by atoms with E-state index in [4.69, 9.17) is 0 Å². The van der Waals surface area contributed by atoms with E-state index in [1.807, 2.05) is 42.5 Å². The number of hydrogen-bond donors (Lipinski definition) is 1. The fourth-order valence-corrected chi connectivity index (χ4v) is 3.90. The number of anilines is 1. The molecule has 2 aromatic rings. The summed E-state index contributed by atoms with van der Waals surface area (Å²) >= 11 is 0. The van der Waals surface area contributed by atoms with Gasteiger partial charge in [-0.3, -0.25) is 4.79 Å². The van der Waals surface area contributed by atoms with Crippen LogP contribution in [-0.2, 0) is 14.8 Å². The molecule has 1 N–H and O–H groups in total. The first kappa shape index (κ1) is 15.6. The van der Waals surface area contributed by atoms with Crippen LogP contribution < -0.4 is 5.32 Å². The summed E-state index contributed by atoms with van der Waals surface area (Å²) in [4.78, 5) is 14.4. The minimum atomic E-state index is -3.54. The minimum absolute atomic E-state index is 0.0565. The van der Waals surface area contributed by atoms with E-state index in [0.717, 1.165) is 10.8 Å². The molecule has 4 rings (SSSR count). The molecular formula is C18H15N3O3S. The Morgan fingerprint density at radius 1 is 1.12 bits per heavy atom. The van der Waals surface area contributed by atoms with E-state index in [2.05, 4.69) is 9.71 Å². The number of nitrogens with zero attached hydrogens (tertiary/aromatic N) is 2. The third-order valence-electron chi connectivity index (χ3n) is 4.14. The maximum atomic E-state index is 12.8. The first-order valence-corrected chi connectivity index (χ1v) is 9.42. The maximum Gasteiger partial charge on any atom is 0.259 e. The molecule has 126 valence electrons. The van der Waals surface area contributed by atoms with Crippen molar-refractivity contribution < 1.29 is 13.2 Å². The quantitative estimate of drug-likeness (QED) is 0.898. The van der Waals surface area contributed by atoms with E-state index in [-0.39, 0.29) is 29.6 Å². The number of carbonyl (C=O) groups excluding carboxylic acids is 1. The third kappa shape index (κ3) is 2.94. The maximum absolute atomic E-state index is 12.8. The van der Waals surface area contributed by atoms with Gasteiger partial charge in [0.1, 0.15) is 0 Å². The average molecular weight is 353 g/mol. The van der Waals surface area contributed by atoms with Crippen LogP contribution in [0, 0.1) is 0 Å². The molecule has 0 unspecified atom stereocenters. The smallest absolute Gasteiger partial charge is 0.259 e. The number of fused-ring (bicyclic) bond motifs is 2. The SMILES string of the molecule is O=C(Nc1cccc2ccccc12)C1=CC=CN2CCS(=O)(=O)N=C12. The van der Waals surface area contributed by atoms with Crippen LogP contribution in [0.15, 0.2) is 70.8 Å². The Kier molecular flexibility index (Phi) is 3.65. The molecule has 0 radical (unpaired) electrons. The highest BCUT2D eigenvalue weighted by molar-refractivity contribution is 7.90. The Balaban J connectivity index is 1.70. The number of amides is 1. The first-order chi connectivity index (χ1) is 12.0. The summed E-state index contributed by atoms with van der Waals surface area (Å²) in [6.07, 6.45) is 5.02. The second-order valence-electron chi connectivity index (χ2n) is 5.80. The lowest BCUT2D eigenvalue weighted by Crippen LogP contribution is -2.40. The number of benzene rings is 2. The van der Waals surface area contributed by atoms with Crippen molar-refractivity contribution in [2.75, 3.05) is 17.6 Å². The summed E-state index contributed by atoms with van der Waals surface area (Å²) in [7, 11) is -3.54.